The Balaban J connectivity index is 3.19. The second-order valence-corrected chi connectivity index (χ2v) is 5.57. The van der Waals surface area contributed by atoms with Crippen LogP contribution in [-0.2, 0) is 19.0 Å². The largest absolute Gasteiger partial charge is 0.460 e. The third-order valence-corrected chi connectivity index (χ3v) is 3.55. The molecule has 0 aromatic heterocycles. The summed E-state index contributed by atoms with van der Waals surface area (Å²) in [6.45, 7) is 4.25. The lowest BCUT2D eigenvalue weighted by molar-refractivity contribution is -0.139. The summed E-state index contributed by atoms with van der Waals surface area (Å²) in [4.78, 5) is 10.3. The molecule has 0 bridgehead atoms. The maximum atomic E-state index is 10.3. The first kappa shape index (κ1) is 20.4. The predicted molar refractivity (Wildman–Crippen MR) is 85.5 cm³/mol. The Morgan fingerprint density at radius 2 is 1.43 bits per heavy atom. The SMILES string of the molecule is CCCCCCCCCCCCOCC(COC)OC=O. The maximum Gasteiger partial charge on any atom is 0.293 e. The number of carbonyl (C=O) groups excluding carboxylic acids is 1. The summed E-state index contributed by atoms with van der Waals surface area (Å²) in [6, 6.07) is 0. The van der Waals surface area contributed by atoms with Crippen LogP contribution < -0.4 is 0 Å². The van der Waals surface area contributed by atoms with E-state index in [0.717, 1.165) is 13.0 Å². The normalized spacial score (nSPS) is 12.3. The number of unbranched alkanes of at least 4 members (excludes halogenated alkanes) is 9. The number of carbonyl (C=O) groups is 1. The van der Waals surface area contributed by atoms with Gasteiger partial charge in [0.1, 0.15) is 6.10 Å². The van der Waals surface area contributed by atoms with Gasteiger partial charge < -0.3 is 14.2 Å². The molecule has 1 unspecified atom stereocenters. The molecule has 0 amide bonds. The van der Waals surface area contributed by atoms with Crippen LogP contribution in [0.5, 0.6) is 0 Å². The van der Waals surface area contributed by atoms with E-state index in [2.05, 4.69) is 6.92 Å². The number of ether oxygens (including phenoxy) is 3. The zero-order chi connectivity index (χ0) is 15.6. The number of hydrogen-bond donors (Lipinski definition) is 0. The van der Waals surface area contributed by atoms with Gasteiger partial charge >= 0.3 is 0 Å². The lowest BCUT2D eigenvalue weighted by Crippen LogP contribution is -2.24. The van der Waals surface area contributed by atoms with E-state index in [0.29, 0.717) is 19.7 Å². The standard InChI is InChI=1S/C17H34O4/c1-3-4-5-6-7-8-9-10-11-12-13-20-15-17(14-19-2)21-16-18/h16-17H,3-15H2,1-2H3. The molecule has 0 fully saturated rings. The van der Waals surface area contributed by atoms with Crippen molar-refractivity contribution in [3.05, 3.63) is 0 Å². The average molecular weight is 302 g/mol. The predicted octanol–water partition coefficient (Wildman–Crippen LogP) is 4.11. The zero-order valence-electron chi connectivity index (χ0n) is 14.0. The molecule has 1 atom stereocenters. The molecule has 0 radical (unpaired) electrons. The van der Waals surface area contributed by atoms with Crippen LogP contribution in [0.4, 0.5) is 0 Å². The van der Waals surface area contributed by atoms with E-state index in [4.69, 9.17) is 14.2 Å². The van der Waals surface area contributed by atoms with E-state index in [1.807, 2.05) is 0 Å². The Morgan fingerprint density at radius 1 is 0.857 bits per heavy atom. The smallest absolute Gasteiger partial charge is 0.293 e. The van der Waals surface area contributed by atoms with Gasteiger partial charge in [-0.2, -0.15) is 0 Å². The third-order valence-electron chi connectivity index (χ3n) is 3.55. The summed E-state index contributed by atoms with van der Waals surface area (Å²) in [7, 11) is 1.59. The summed E-state index contributed by atoms with van der Waals surface area (Å²) in [5.74, 6) is 0. The van der Waals surface area contributed by atoms with Crippen molar-refractivity contribution in [1.82, 2.24) is 0 Å². The number of hydrogen-bond acceptors (Lipinski definition) is 4. The fourth-order valence-corrected chi connectivity index (χ4v) is 2.30. The summed E-state index contributed by atoms with van der Waals surface area (Å²) in [6.07, 6.45) is 12.9. The Bertz CT molecular complexity index is 209. The molecule has 0 aromatic rings. The fourth-order valence-electron chi connectivity index (χ4n) is 2.30. The summed E-state index contributed by atoms with van der Waals surface area (Å²) in [5, 5.41) is 0. The van der Waals surface area contributed by atoms with Gasteiger partial charge in [0.05, 0.1) is 13.2 Å². The Kier molecular flexibility index (Phi) is 16.9. The van der Waals surface area contributed by atoms with E-state index in [-0.39, 0.29) is 6.10 Å². The van der Waals surface area contributed by atoms with E-state index in [1.54, 1.807) is 7.11 Å². The van der Waals surface area contributed by atoms with Gasteiger partial charge in [0.15, 0.2) is 0 Å². The molecular weight excluding hydrogens is 268 g/mol. The molecule has 0 aliphatic rings. The molecule has 21 heavy (non-hydrogen) atoms. The van der Waals surface area contributed by atoms with Crippen molar-refractivity contribution >= 4 is 6.47 Å². The summed E-state index contributed by atoms with van der Waals surface area (Å²) in [5.41, 5.74) is 0. The molecule has 4 heteroatoms. The molecular formula is C17H34O4. The molecule has 0 heterocycles. The van der Waals surface area contributed by atoms with Crippen molar-refractivity contribution in [3.63, 3.8) is 0 Å². The molecule has 126 valence electrons. The van der Waals surface area contributed by atoms with E-state index in [1.165, 1.54) is 57.8 Å². The molecule has 0 saturated carbocycles. The highest BCUT2D eigenvalue weighted by atomic mass is 16.6. The van der Waals surface area contributed by atoms with Crippen molar-refractivity contribution in [1.29, 1.82) is 0 Å². The molecule has 0 saturated heterocycles. The van der Waals surface area contributed by atoms with Crippen molar-refractivity contribution < 1.29 is 19.0 Å². The zero-order valence-corrected chi connectivity index (χ0v) is 14.0. The highest BCUT2D eigenvalue weighted by Gasteiger charge is 2.08. The first-order valence-corrected chi connectivity index (χ1v) is 8.50. The lowest BCUT2D eigenvalue weighted by Gasteiger charge is -2.14. The first-order valence-electron chi connectivity index (χ1n) is 8.50. The molecule has 4 nitrogen and oxygen atoms in total. The minimum atomic E-state index is -0.282. The van der Waals surface area contributed by atoms with Crippen molar-refractivity contribution in [3.8, 4) is 0 Å². The lowest BCUT2D eigenvalue weighted by atomic mass is 10.1. The van der Waals surface area contributed by atoms with E-state index >= 15 is 0 Å². The van der Waals surface area contributed by atoms with Gasteiger partial charge in [0.25, 0.3) is 6.47 Å². The van der Waals surface area contributed by atoms with Gasteiger partial charge in [-0.15, -0.1) is 0 Å². The highest BCUT2D eigenvalue weighted by molar-refractivity contribution is 5.37. The van der Waals surface area contributed by atoms with Crippen molar-refractivity contribution in [2.45, 2.75) is 77.2 Å². The number of methoxy groups -OCH3 is 1. The summed E-state index contributed by atoms with van der Waals surface area (Å²) < 4.78 is 15.3. The molecule has 0 rings (SSSR count). The topological polar surface area (TPSA) is 44.8 Å². The van der Waals surface area contributed by atoms with Gasteiger partial charge in [-0.05, 0) is 6.42 Å². The second kappa shape index (κ2) is 17.4. The van der Waals surface area contributed by atoms with E-state index < -0.39 is 0 Å². The molecule has 0 spiro atoms. The van der Waals surface area contributed by atoms with Crippen LogP contribution in [0.1, 0.15) is 71.1 Å². The van der Waals surface area contributed by atoms with Crippen LogP contribution >= 0.6 is 0 Å². The maximum absolute atomic E-state index is 10.3. The van der Waals surface area contributed by atoms with Gasteiger partial charge in [-0.25, -0.2) is 0 Å². The number of rotatable bonds is 17. The first-order chi connectivity index (χ1) is 10.3. The Labute approximate surface area is 130 Å². The molecule has 0 aliphatic heterocycles. The van der Waals surface area contributed by atoms with Crippen LogP contribution in [0.2, 0.25) is 0 Å². The van der Waals surface area contributed by atoms with Crippen LogP contribution in [-0.4, -0.2) is 39.5 Å². The van der Waals surface area contributed by atoms with Gasteiger partial charge in [0, 0.05) is 13.7 Å². The Morgan fingerprint density at radius 3 is 1.95 bits per heavy atom. The van der Waals surface area contributed by atoms with Crippen molar-refractivity contribution in [2.24, 2.45) is 0 Å². The Hall–Kier alpha value is -0.610. The van der Waals surface area contributed by atoms with Gasteiger partial charge in [0.2, 0.25) is 0 Å². The highest BCUT2D eigenvalue weighted by Crippen LogP contribution is 2.10. The molecule has 0 N–H and O–H groups in total. The minimum absolute atomic E-state index is 0.282. The van der Waals surface area contributed by atoms with Gasteiger partial charge in [-0.1, -0.05) is 64.7 Å². The van der Waals surface area contributed by atoms with Crippen LogP contribution in [0.25, 0.3) is 0 Å². The monoisotopic (exact) mass is 302 g/mol. The third kappa shape index (κ3) is 15.6. The molecule has 0 aliphatic carbocycles. The van der Waals surface area contributed by atoms with Gasteiger partial charge in [-0.3, -0.25) is 4.79 Å². The van der Waals surface area contributed by atoms with Crippen LogP contribution in [0, 0.1) is 0 Å². The quantitative estimate of drug-likeness (QED) is 0.299. The van der Waals surface area contributed by atoms with Crippen LogP contribution in [0.15, 0.2) is 0 Å². The second-order valence-electron chi connectivity index (χ2n) is 5.57. The fraction of sp³-hybridized carbons (Fsp3) is 0.941. The van der Waals surface area contributed by atoms with Crippen molar-refractivity contribution in [2.75, 3.05) is 26.9 Å². The van der Waals surface area contributed by atoms with Crippen LogP contribution in [0.3, 0.4) is 0 Å². The minimum Gasteiger partial charge on any atom is -0.460 e. The average Bonchev–Trinajstić information content (AvgIpc) is 2.48. The van der Waals surface area contributed by atoms with E-state index in [9.17, 15) is 4.79 Å². The summed E-state index contributed by atoms with van der Waals surface area (Å²) >= 11 is 0. The molecule has 0 aromatic carbocycles.